The minimum absolute atomic E-state index is 0.207. The summed E-state index contributed by atoms with van der Waals surface area (Å²) in [4.78, 5) is 15.3. The van der Waals surface area contributed by atoms with Gasteiger partial charge in [0, 0.05) is 26.2 Å². The molecule has 0 bridgehead atoms. The standard InChI is InChI=1S/C7H13BrN2O/c1-9-2-4-10(5-3-9)7(11)6-8/h2-6H2,1H3. The summed E-state index contributed by atoms with van der Waals surface area (Å²) in [5.41, 5.74) is 0. The van der Waals surface area contributed by atoms with Crippen LogP contribution >= 0.6 is 15.9 Å². The summed E-state index contributed by atoms with van der Waals surface area (Å²) in [6.07, 6.45) is 0. The number of amides is 1. The van der Waals surface area contributed by atoms with E-state index < -0.39 is 0 Å². The van der Waals surface area contributed by atoms with E-state index in [1.807, 2.05) is 4.90 Å². The predicted molar refractivity (Wildman–Crippen MR) is 47.9 cm³/mol. The van der Waals surface area contributed by atoms with Crippen LogP contribution in [0.4, 0.5) is 0 Å². The second-order valence-electron chi connectivity index (χ2n) is 2.82. The zero-order valence-corrected chi connectivity index (χ0v) is 8.30. The van der Waals surface area contributed by atoms with Crippen molar-refractivity contribution in [3.8, 4) is 0 Å². The molecule has 0 aromatic carbocycles. The smallest absolute Gasteiger partial charge is 0.233 e. The van der Waals surface area contributed by atoms with E-state index in [2.05, 4.69) is 27.9 Å². The van der Waals surface area contributed by atoms with Crippen LogP contribution in [0.3, 0.4) is 0 Å². The maximum absolute atomic E-state index is 11.1. The van der Waals surface area contributed by atoms with Crippen molar-refractivity contribution in [2.45, 2.75) is 0 Å². The molecule has 11 heavy (non-hydrogen) atoms. The number of carbonyl (C=O) groups excluding carboxylic acids is 1. The number of hydrogen-bond acceptors (Lipinski definition) is 2. The van der Waals surface area contributed by atoms with Gasteiger partial charge in [0.05, 0.1) is 5.33 Å². The van der Waals surface area contributed by atoms with Crippen LogP contribution < -0.4 is 0 Å². The first-order valence-electron chi connectivity index (χ1n) is 3.76. The lowest BCUT2D eigenvalue weighted by atomic mass is 10.3. The average molecular weight is 221 g/mol. The van der Waals surface area contributed by atoms with Crippen LogP contribution in [0.1, 0.15) is 0 Å². The van der Waals surface area contributed by atoms with Gasteiger partial charge in [0.25, 0.3) is 0 Å². The molecule has 3 nitrogen and oxygen atoms in total. The van der Waals surface area contributed by atoms with E-state index in [0.717, 1.165) is 26.2 Å². The fourth-order valence-corrected chi connectivity index (χ4v) is 1.50. The largest absolute Gasteiger partial charge is 0.339 e. The summed E-state index contributed by atoms with van der Waals surface area (Å²) < 4.78 is 0. The van der Waals surface area contributed by atoms with E-state index in [4.69, 9.17) is 0 Å². The molecular formula is C7H13BrN2O. The Morgan fingerprint density at radius 3 is 2.36 bits per heavy atom. The lowest BCUT2D eigenvalue weighted by molar-refractivity contribution is -0.129. The Labute approximate surface area is 75.5 Å². The molecule has 0 aromatic rings. The lowest BCUT2D eigenvalue weighted by Gasteiger charge is -2.31. The first-order chi connectivity index (χ1) is 5.24. The van der Waals surface area contributed by atoms with Crippen LogP contribution in [0.2, 0.25) is 0 Å². The SMILES string of the molecule is CN1CCN(C(=O)CBr)CC1. The normalized spacial score (nSPS) is 20.4. The van der Waals surface area contributed by atoms with Gasteiger partial charge in [-0.15, -0.1) is 0 Å². The van der Waals surface area contributed by atoms with Crippen molar-refractivity contribution >= 4 is 21.8 Å². The fraction of sp³-hybridized carbons (Fsp3) is 0.857. The van der Waals surface area contributed by atoms with Crippen molar-refractivity contribution in [3.63, 3.8) is 0 Å². The van der Waals surface area contributed by atoms with Gasteiger partial charge >= 0.3 is 0 Å². The first-order valence-corrected chi connectivity index (χ1v) is 4.88. The number of halogens is 1. The highest BCUT2D eigenvalue weighted by Gasteiger charge is 2.17. The molecule has 0 unspecified atom stereocenters. The average Bonchev–Trinajstić information content (AvgIpc) is 2.05. The van der Waals surface area contributed by atoms with Gasteiger partial charge in [0.1, 0.15) is 0 Å². The second kappa shape index (κ2) is 4.07. The third-order valence-electron chi connectivity index (χ3n) is 1.97. The van der Waals surface area contributed by atoms with Gasteiger partial charge in [-0.1, -0.05) is 15.9 Å². The summed E-state index contributed by atoms with van der Waals surface area (Å²) in [5, 5.41) is 0.455. The van der Waals surface area contributed by atoms with Gasteiger partial charge in [-0.05, 0) is 7.05 Å². The highest BCUT2D eigenvalue weighted by Crippen LogP contribution is 2.00. The third-order valence-corrected chi connectivity index (χ3v) is 2.45. The van der Waals surface area contributed by atoms with Crippen LogP contribution in [0, 0.1) is 0 Å². The van der Waals surface area contributed by atoms with Gasteiger partial charge in [0.15, 0.2) is 0 Å². The summed E-state index contributed by atoms with van der Waals surface area (Å²) in [5.74, 6) is 0.207. The Bertz CT molecular complexity index is 143. The fourth-order valence-electron chi connectivity index (χ4n) is 1.14. The number of piperazine rings is 1. The Balaban J connectivity index is 2.33. The van der Waals surface area contributed by atoms with Crippen LogP contribution in [-0.2, 0) is 4.79 Å². The van der Waals surface area contributed by atoms with Crippen LogP contribution in [0.25, 0.3) is 0 Å². The molecule has 0 atom stereocenters. The molecule has 1 rings (SSSR count). The Morgan fingerprint density at radius 2 is 1.91 bits per heavy atom. The lowest BCUT2D eigenvalue weighted by Crippen LogP contribution is -2.47. The molecule has 4 heteroatoms. The molecule has 0 saturated carbocycles. The number of likely N-dealkylation sites (N-methyl/N-ethyl adjacent to an activating group) is 1. The molecule has 0 N–H and O–H groups in total. The predicted octanol–water partition coefficient (Wildman–Crippen LogP) is 0.155. The van der Waals surface area contributed by atoms with Gasteiger partial charge in [0.2, 0.25) is 5.91 Å². The van der Waals surface area contributed by atoms with E-state index in [0.29, 0.717) is 5.33 Å². The summed E-state index contributed by atoms with van der Waals surface area (Å²) >= 11 is 3.16. The van der Waals surface area contributed by atoms with Gasteiger partial charge in [-0.3, -0.25) is 4.79 Å². The van der Waals surface area contributed by atoms with Crippen LogP contribution in [-0.4, -0.2) is 54.3 Å². The minimum Gasteiger partial charge on any atom is -0.339 e. The topological polar surface area (TPSA) is 23.6 Å². The molecule has 1 saturated heterocycles. The maximum atomic E-state index is 11.1. The quantitative estimate of drug-likeness (QED) is 0.588. The number of nitrogens with zero attached hydrogens (tertiary/aromatic N) is 2. The highest BCUT2D eigenvalue weighted by atomic mass is 79.9. The monoisotopic (exact) mass is 220 g/mol. The van der Waals surface area contributed by atoms with Crippen molar-refractivity contribution in [2.24, 2.45) is 0 Å². The third kappa shape index (κ3) is 2.45. The van der Waals surface area contributed by atoms with Gasteiger partial charge < -0.3 is 9.80 Å². The number of rotatable bonds is 1. The Morgan fingerprint density at radius 1 is 1.36 bits per heavy atom. The molecule has 1 aliphatic rings. The molecule has 64 valence electrons. The van der Waals surface area contributed by atoms with Crippen molar-refractivity contribution in [1.29, 1.82) is 0 Å². The summed E-state index contributed by atoms with van der Waals surface area (Å²) in [6, 6.07) is 0. The molecular weight excluding hydrogens is 208 g/mol. The van der Waals surface area contributed by atoms with E-state index in [9.17, 15) is 4.79 Å². The number of carbonyl (C=O) groups is 1. The van der Waals surface area contributed by atoms with Crippen LogP contribution in [0.5, 0.6) is 0 Å². The Hall–Kier alpha value is -0.0900. The van der Waals surface area contributed by atoms with Gasteiger partial charge in [-0.2, -0.15) is 0 Å². The van der Waals surface area contributed by atoms with Crippen molar-refractivity contribution in [1.82, 2.24) is 9.80 Å². The molecule has 0 aromatic heterocycles. The Kier molecular flexibility index (Phi) is 3.33. The molecule has 1 heterocycles. The highest BCUT2D eigenvalue weighted by molar-refractivity contribution is 9.09. The van der Waals surface area contributed by atoms with Crippen molar-refractivity contribution in [2.75, 3.05) is 38.6 Å². The number of alkyl halides is 1. The van der Waals surface area contributed by atoms with E-state index in [-0.39, 0.29) is 5.91 Å². The molecule has 0 spiro atoms. The molecule has 1 amide bonds. The number of hydrogen-bond donors (Lipinski definition) is 0. The summed E-state index contributed by atoms with van der Waals surface area (Å²) in [7, 11) is 2.08. The summed E-state index contributed by atoms with van der Waals surface area (Å²) in [6.45, 7) is 3.75. The van der Waals surface area contributed by atoms with E-state index in [1.54, 1.807) is 0 Å². The van der Waals surface area contributed by atoms with Gasteiger partial charge in [-0.25, -0.2) is 0 Å². The van der Waals surface area contributed by atoms with Crippen molar-refractivity contribution in [3.05, 3.63) is 0 Å². The minimum atomic E-state index is 0.207. The van der Waals surface area contributed by atoms with E-state index in [1.165, 1.54) is 0 Å². The molecule has 1 aliphatic heterocycles. The molecule has 0 aliphatic carbocycles. The van der Waals surface area contributed by atoms with Crippen LogP contribution in [0.15, 0.2) is 0 Å². The molecule has 0 radical (unpaired) electrons. The molecule has 1 fully saturated rings. The zero-order valence-electron chi connectivity index (χ0n) is 6.72. The van der Waals surface area contributed by atoms with Crippen molar-refractivity contribution < 1.29 is 4.79 Å². The zero-order chi connectivity index (χ0) is 8.27. The maximum Gasteiger partial charge on any atom is 0.233 e. The second-order valence-corrected chi connectivity index (χ2v) is 3.38. The van der Waals surface area contributed by atoms with E-state index >= 15 is 0 Å². The first kappa shape index (κ1) is 9.00.